The average Bonchev–Trinajstić information content (AvgIpc) is 2.72. The third-order valence-electron chi connectivity index (χ3n) is 5.75. The van der Waals surface area contributed by atoms with Gasteiger partial charge in [-0.2, -0.15) is 0 Å². The van der Waals surface area contributed by atoms with E-state index in [1.807, 2.05) is 32.9 Å². The van der Waals surface area contributed by atoms with E-state index in [1.54, 1.807) is 7.11 Å². The summed E-state index contributed by atoms with van der Waals surface area (Å²) in [5, 5.41) is 0. The zero-order valence-electron chi connectivity index (χ0n) is 18.3. The van der Waals surface area contributed by atoms with Crippen LogP contribution >= 0.6 is 0 Å². The summed E-state index contributed by atoms with van der Waals surface area (Å²) in [6.07, 6.45) is 5.58. The molecule has 1 saturated carbocycles. The lowest BCUT2D eigenvalue weighted by Gasteiger charge is -2.28. The van der Waals surface area contributed by atoms with Gasteiger partial charge in [-0.1, -0.05) is 32.9 Å². The van der Waals surface area contributed by atoms with Gasteiger partial charge in [0.1, 0.15) is 18.0 Å². The molecule has 0 radical (unpaired) electrons. The zero-order chi connectivity index (χ0) is 21.2. The molecule has 0 amide bonds. The first-order valence-electron chi connectivity index (χ1n) is 11.0. The van der Waals surface area contributed by atoms with Crippen molar-refractivity contribution in [1.82, 2.24) is 0 Å². The minimum atomic E-state index is -0.224. The van der Waals surface area contributed by atoms with Crippen LogP contribution in [0.3, 0.4) is 0 Å². The molecule has 0 aromatic heterocycles. The van der Waals surface area contributed by atoms with E-state index < -0.39 is 0 Å². The highest BCUT2D eigenvalue weighted by atomic mass is 16.5. The molecule has 0 heterocycles. The van der Waals surface area contributed by atoms with Crippen molar-refractivity contribution < 1.29 is 23.8 Å². The topological polar surface area (TPSA) is 61.8 Å². The normalized spacial score (nSPS) is 20.2. The molecule has 1 unspecified atom stereocenters. The summed E-state index contributed by atoms with van der Waals surface area (Å²) in [4.78, 5) is 24.0. The fraction of sp³-hybridized carbons (Fsp3) is 0.667. The lowest BCUT2D eigenvalue weighted by Crippen LogP contribution is -2.24. The van der Waals surface area contributed by atoms with Crippen LogP contribution in [0, 0.1) is 5.92 Å². The predicted octanol–water partition coefficient (Wildman–Crippen LogP) is 5.41. The van der Waals surface area contributed by atoms with Crippen molar-refractivity contribution in [1.29, 1.82) is 0 Å². The quantitative estimate of drug-likeness (QED) is 0.488. The van der Waals surface area contributed by atoms with E-state index in [-0.39, 0.29) is 37.0 Å². The summed E-state index contributed by atoms with van der Waals surface area (Å²) in [6.45, 7) is 6.10. The number of benzene rings is 1. The molecule has 5 heteroatoms. The summed E-state index contributed by atoms with van der Waals surface area (Å²) in [5.74, 6) is 1.26. The van der Waals surface area contributed by atoms with Gasteiger partial charge < -0.3 is 14.2 Å². The van der Waals surface area contributed by atoms with Gasteiger partial charge in [0, 0.05) is 12.8 Å². The van der Waals surface area contributed by atoms with Crippen LogP contribution in [0.4, 0.5) is 0 Å². The molecule has 29 heavy (non-hydrogen) atoms. The van der Waals surface area contributed by atoms with E-state index in [4.69, 9.17) is 14.2 Å². The maximum atomic E-state index is 12.1. The Bertz CT molecular complexity index is 629. The standard InChI is InChI=1S/C24H36O5/c1-5-22(17(2)3)29-24(26)8-6-7-23(25)28-21-15-11-19(12-16-21)18-9-13-20(27-4)14-10-18/h9-10,13-14,17,19,21-22H,5-8,11-12,15-16H2,1-4H3. The van der Waals surface area contributed by atoms with Crippen LogP contribution in [-0.4, -0.2) is 31.3 Å². The Morgan fingerprint density at radius 3 is 2.17 bits per heavy atom. The lowest BCUT2D eigenvalue weighted by molar-refractivity contribution is -0.153. The van der Waals surface area contributed by atoms with Crippen molar-refractivity contribution in [2.75, 3.05) is 7.11 Å². The molecular weight excluding hydrogens is 368 g/mol. The van der Waals surface area contributed by atoms with Crippen molar-refractivity contribution in [3.8, 4) is 5.75 Å². The third-order valence-corrected chi connectivity index (χ3v) is 5.75. The number of methoxy groups -OCH3 is 1. The maximum Gasteiger partial charge on any atom is 0.306 e. The fourth-order valence-electron chi connectivity index (χ4n) is 3.93. The Morgan fingerprint density at radius 1 is 1.00 bits per heavy atom. The van der Waals surface area contributed by atoms with E-state index >= 15 is 0 Å². The molecule has 5 nitrogen and oxygen atoms in total. The minimum Gasteiger partial charge on any atom is -0.497 e. The van der Waals surface area contributed by atoms with Crippen molar-refractivity contribution in [2.45, 2.75) is 90.3 Å². The van der Waals surface area contributed by atoms with Crippen LogP contribution < -0.4 is 4.74 Å². The molecule has 0 aliphatic heterocycles. The number of rotatable bonds is 10. The monoisotopic (exact) mass is 404 g/mol. The fourth-order valence-corrected chi connectivity index (χ4v) is 3.93. The van der Waals surface area contributed by atoms with Gasteiger partial charge in [-0.05, 0) is 68.1 Å². The predicted molar refractivity (Wildman–Crippen MR) is 113 cm³/mol. The van der Waals surface area contributed by atoms with Gasteiger partial charge in [0.2, 0.25) is 0 Å². The van der Waals surface area contributed by atoms with E-state index in [9.17, 15) is 9.59 Å². The Morgan fingerprint density at radius 2 is 1.62 bits per heavy atom. The highest BCUT2D eigenvalue weighted by Gasteiger charge is 2.25. The van der Waals surface area contributed by atoms with Crippen molar-refractivity contribution in [3.05, 3.63) is 29.8 Å². The van der Waals surface area contributed by atoms with Gasteiger partial charge >= 0.3 is 11.9 Å². The Hall–Kier alpha value is -2.04. The smallest absolute Gasteiger partial charge is 0.306 e. The van der Waals surface area contributed by atoms with E-state index in [1.165, 1.54) is 5.56 Å². The van der Waals surface area contributed by atoms with Crippen LogP contribution in [-0.2, 0) is 19.1 Å². The Balaban J connectivity index is 1.64. The Labute approximate surface area is 175 Å². The lowest BCUT2D eigenvalue weighted by atomic mass is 9.83. The molecule has 1 atom stereocenters. The molecule has 162 valence electrons. The van der Waals surface area contributed by atoms with Crippen LogP contribution in [0.5, 0.6) is 5.75 Å². The molecule has 1 fully saturated rings. The zero-order valence-corrected chi connectivity index (χ0v) is 18.3. The summed E-state index contributed by atoms with van der Waals surface area (Å²) >= 11 is 0. The van der Waals surface area contributed by atoms with E-state index in [0.29, 0.717) is 18.3 Å². The van der Waals surface area contributed by atoms with Gasteiger partial charge in [-0.15, -0.1) is 0 Å². The summed E-state index contributed by atoms with van der Waals surface area (Å²) in [7, 11) is 1.67. The summed E-state index contributed by atoms with van der Waals surface area (Å²) in [6, 6.07) is 8.24. The number of carbonyl (C=O) groups is 2. The number of ether oxygens (including phenoxy) is 3. The second-order valence-electron chi connectivity index (χ2n) is 8.27. The van der Waals surface area contributed by atoms with Gasteiger partial charge in [0.15, 0.2) is 0 Å². The molecule has 1 aliphatic rings. The third kappa shape index (κ3) is 7.71. The number of hydrogen-bond acceptors (Lipinski definition) is 5. The molecule has 1 aliphatic carbocycles. The SMILES string of the molecule is CCC(OC(=O)CCCC(=O)OC1CCC(c2ccc(OC)cc2)CC1)C(C)C. The van der Waals surface area contributed by atoms with Gasteiger partial charge in [0.05, 0.1) is 7.11 Å². The first-order chi connectivity index (χ1) is 13.9. The Kier molecular flexibility index (Phi) is 9.49. The van der Waals surface area contributed by atoms with Gasteiger partial charge in [-0.3, -0.25) is 9.59 Å². The second-order valence-corrected chi connectivity index (χ2v) is 8.27. The molecule has 1 aromatic carbocycles. The van der Waals surface area contributed by atoms with E-state index in [2.05, 4.69) is 12.1 Å². The molecule has 1 aromatic rings. The minimum absolute atomic E-state index is 0.00522. The summed E-state index contributed by atoms with van der Waals surface area (Å²) in [5.41, 5.74) is 1.32. The van der Waals surface area contributed by atoms with Gasteiger partial charge in [-0.25, -0.2) is 0 Å². The van der Waals surface area contributed by atoms with Gasteiger partial charge in [0.25, 0.3) is 0 Å². The number of hydrogen-bond donors (Lipinski definition) is 0. The first-order valence-corrected chi connectivity index (χ1v) is 11.0. The van der Waals surface area contributed by atoms with Crippen molar-refractivity contribution in [3.63, 3.8) is 0 Å². The van der Waals surface area contributed by atoms with E-state index in [0.717, 1.165) is 37.9 Å². The van der Waals surface area contributed by atoms with Crippen LogP contribution in [0.2, 0.25) is 0 Å². The van der Waals surface area contributed by atoms with Crippen LogP contribution in [0.15, 0.2) is 24.3 Å². The highest BCUT2D eigenvalue weighted by Crippen LogP contribution is 2.34. The molecule has 0 bridgehead atoms. The molecule has 0 spiro atoms. The molecule has 0 saturated heterocycles. The largest absolute Gasteiger partial charge is 0.497 e. The first kappa shape index (κ1) is 23.2. The molecular formula is C24H36O5. The summed E-state index contributed by atoms with van der Waals surface area (Å²) < 4.78 is 16.3. The maximum absolute atomic E-state index is 12.1. The van der Waals surface area contributed by atoms with Crippen LogP contribution in [0.25, 0.3) is 0 Å². The van der Waals surface area contributed by atoms with Crippen molar-refractivity contribution >= 4 is 11.9 Å². The second kappa shape index (κ2) is 11.8. The number of carbonyl (C=O) groups excluding carboxylic acids is 2. The number of esters is 2. The average molecular weight is 405 g/mol. The highest BCUT2D eigenvalue weighted by molar-refractivity contribution is 5.72. The van der Waals surface area contributed by atoms with Crippen molar-refractivity contribution in [2.24, 2.45) is 5.92 Å². The molecule has 0 N–H and O–H groups in total. The van der Waals surface area contributed by atoms with Crippen LogP contribution in [0.1, 0.15) is 83.6 Å². The molecule has 2 rings (SSSR count).